The van der Waals surface area contributed by atoms with Crippen molar-refractivity contribution in [2.45, 2.75) is 13.1 Å². The molecule has 3 aromatic heterocycles. The third-order valence-electron chi connectivity index (χ3n) is 3.61. The summed E-state index contributed by atoms with van der Waals surface area (Å²) in [6, 6.07) is 8.76. The number of hydrogen-bond acceptors (Lipinski definition) is 5. The van der Waals surface area contributed by atoms with Crippen molar-refractivity contribution in [2.75, 3.05) is 13.2 Å². The van der Waals surface area contributed by atoms with E-state index < -0.39 is 0 Å². The molecule has 0 radical (unpaired) electrons. The van der Waals surface area contributed by atoms with Gasteiger partial charge >= 0.3 is 0 Å². The summed E-state index contributed by atoms with van der Waals surface area (Å²) >= 11 is 5.92. The fraction of sp³-hybridized carbons (Fsp3) is 0.235. The number of nitrogens with zero attached hydrogens (tertiary/aromatic N) is 4. The Hall–Kier alpha value is -2.28. The number of pyridine rings is 2. The average molecular weight is 345 g/mol. The molecule has 0 bridgehead atoms. The average Bonchev–Trinajstić information content (AvgIpc) is 2.57. The van der Waals surface area contributed by atoms with E-state index >= 15 is 0 Å². The number of fused-ring (bicyclic) bond motifs is 1. The van der Waals surface area contributed by atoms with Crippen molar-refractivity contribution in [1.82, 2.24) is 19.3 Å². The zero-order chi connectivity index (χ0) is 16.9. The lowest BCUT2D eigenvalue weighted by Gasteiger charge is -2.21. The highest BCUT2D eigenvalue weighted by Crippen LogP contribution is 2.10. The molecule has 0 aliphatic carbocycles. The second-order valence-electron chi connectivity index (χ2n) is 5.46. The molecule has 3 rings (SSSR count). The van der Waals surface area contributed by atoms with Crippen molar-refractivity contribution in [1.29, 1.82) is 0 Å². The molecule has 0 saturated heterocycles. The Bertz CT molecular complexity index is 883. The normalized spacial score (nSPS) is 11.3. The second-order valence-corrected chi connectivity index (χ2v) is 5.89. The van der Waals surface area contributed by atoms with Crippen molar-refractivity contribution in [2.24, 2.45) is 0 Å². The standard InChI is InChI=1S/C17H17ClN4O2/c18-14-3-4-16-20-15(8-17(24)22(16)11-14)12-21(6-7-23)10-13-2-1-5-19-9-13/h1-5,8-9,11,23H,6-7,10,12H2. The SMILES string of the molecule is O=c1cc(CN(CCO)Cc2cccnc2)nc2ccc(Cl)cn12. The number of aliphatic hydroxyl groups excluding tert-OH is 1. The van der Waals surface area contributed by atoms with Gasteiger partial charge in [0.2, 0.25) is 0 Å². The Morgan fingerprint density at radius 1 is 1.25 bits per heavy atom. The van der Waals surface area contributed by atoms with Crippen LogP contribution in [-0.4, -0.2) is 37.5 Å². The number of aromatic nitrogens is 3. The third-order valence-corrected chi connectivity index (χ3v) is 3.83. The monoisotopic (exact) mass is 344 g/mol. The van der Waals surface area contributed by atoms with Crippen molar-refractivity contribution >= 4 is 17.2 Å². The Morgan fingerprint density at radius 3 is 2.88 bits per heavy atom. The molecule has 0 fully saturated rings. The Morgan fingerprint density at radius 2 is 2.12 bits per heavy atom. The molecule has 0 atom stereocenters. The highest BCUT2D eigenvalue weighted by atomic mass is 35.5. The number of rotatable bonds is 6. The molecule has 0 aliphatic heterocycles. The van der Waals surface area contributed by atoms with Crippen molar-refractivity contribution < 1.29 is 5.11 Å². The molecule has 0 amide bonds. The van der Waals surface area contributed by atoms with Crippen molar-refractivity contribution in [3.63, 3.8) is 0 Å². The topological polar surface area (TPSA) is 70.7 Å². The van der Waals surface area contributed by atoms with Crippen LogP contribution in [0, 0.1) is 0 Å². The first-order chi connectivity index (χ1) is 11.7. The minimum atomic E-state index is -0.178. The molecule has 0 aliphatic rings. The van der Waals surface area contributed by atoms with E-state index in [4.69, 9.17) is 11.6 Å². The molecular weight excluding hydrogens is 328 g/mol. The molecule has 6 nitrogen and oxygen atoms in total. The summed E-state index contributed by atoms with van der Waals surface area (Å²) in [7, 11) is 0. The zero-order valence-corrected chi connectivity index (χ0v) is 13.7. The molecule has 3 aromatic rings. The van der Waals surface area contributed by atoms with Crippen LogP contribution in [0.5, 0.6) is 0 Å². The molecule has 0 aromatic carbocycles. The van der Waals surface area contributed by atoms with E-state index in [0.29, 0.717) is 36.0 Å². The highest BCUT2D eigenvalue weighted by Gasteiger charge is 2.10. The van der Waals surface area contributed by atoms with E-state index in [2.05, 4.69) is 9.97 Å². The maximum Gasteiger partial charge on any atom is 0.258 e. The first-order valence-electron chi connectivity index (χ1n) is 7.55. The predicted octanol–water partition coefficient (Wildman–Crippen LogP) is 1.74. The van der Waals surface area contributed by atoms with Gasteiger partial charge in [-0.3, -0.25) is 19.1 Å². The Kier molecular flexibility index (Phi) is 5.20. The van der Waals surface area contributed by atoms with Gasteiger partial charge in [0, 0.05) is 44.3 Å². The van der Waals surface area contributed by atoms with E-state index in [1.165, 1.54) is 10.5 Å². The summed E-state index contributed by atoms with van der Waals surface area (Å²) in [5, 5.41) is 9.78. The summed E-state index contributed by atoms with van der Waals surface area (Å²) in [6.07, 6.45) is 5.06. The predicted molar refractivity (Wildman–Crippen MR) is 91.9 cm³/mol. The van der Waals surface area contributed by atoms with E-state index in [1.807, 2.05) is 17.0 Å². The lowest BCUT2D eigenvalue weighted by molar-refractivity contribution is 0.183. The second kappa shape index (κ2) is 7.53. The van der Waals surface area contributed by atoms with Gasteiger partial charge in [0.05, 0.1) is 17.3 Å². The van der Waals surface area contributed by atoms with Crippen LogP contribution >= 0.6 is 11.6 Å². The third kappa shape index (κ3) is 3.97. The van der Waals surface area contributed by atoms with Gasteiger partial charge < -0.3 is 5.11 Å². The molecule has 0 saturated carbocycles. The van der Waals surface area contributed by atoms with Crippen LogP contribution in [0.3, 0.4) is 0 Å². The molecule has 0 unspecified atom stereocenters. The Balaban J connectivity index is 1.85. The van der Waals surface area contributed by atoms with Crippen molar-refractivity contribution in [3.05, 3.63) is 75.6 Å². The summed E-state index contributed by atoms with van der Waals surface area (Å²) < 4.78 is 1.42. The van der Waals surface area contributed by atoms with E-state index in [-0.39, 0.29) is 12.2 Å². The van der Waals surface area contributed by atoms with E-state index in [1.54, 1.807) is 30.7 Å². The Labute approximate surface area is 144 Å². The molecular formula is C17H17ClN4O2. The molecule has 7 heteroatoms. The first-order valence-corrected chi connectivity index (χ1v) is 7.93. The number of aliphatic hydroxyl groups is 1. The summed E-state index contributed by atoms with van der Waals surface area (Å²) in [5.74, 6) is 0. The van der Waals surface area contributed by atoms with Crippen molar-refractivity contribution in [3.8, 4) is 0 Å². The maximum atomic E-state index is 12.2. The smallest absolute Gasteiger partial charge is 0.258 e. The van der Waals surface area contributed by atoms with E-state index in [9.17, 15) is 9.90 Å². The highest BCUT2D eigenvalue weighted by molar-refractivity contribution is 6.30. The van der Waals surface area contributed by atoms with Crippen LogP contribution in [0.25, 0.3) is 5.65 Å². The lowest BCUT2D eigenvalue weighted by atomic mass is 10.2. The largest absolute Gasteiger partial charge is 0.395 e. The van der Waals surface area contributed by atoms with Gasteiger partial charge in [-0.15, -0.1) is 0 Å². The molecule has 3 heterocycles. The zero-order valence-electron chi connectivity index (χ0n) is 13.0. The minimum absolute atomic E-state index is 0.0302. The van der Waals surface area contributed by atoms with E-state index in [0.717, 1.165) is 5.56 Å². The van der Waals surface area contributed by atoms with Gasteiger partial charge in [-0.2, -0.15) is 0 Å². The van der Waals surface area contributed by atoms with Gasteiger partial charge in [0.25, 0.3) is 5.56 Å². The van der Waals surface area contributed by atoms with Crippen LogP contribution in [0.4, 0.5) is 0 Å². The molecule has 24 heavy (non-hydrogen) atoms. The maximum absolute atomic E-state index is 12.2. The lowest BCUT2D eigenvalue weighted by Crippen LogP contribution is -2.28. The minimum Gasteiger partial charge on any atom is -0.395 e. The fourth-order valence-corrected chi connectivity index (χ4v) is 2.70. The molecule has 0 spiro atoms. The van der Waals surface area contributed by atoms with Gasteiger partial charge in [-0.05, 0) is 23.8 Å². The summed E-state index contributed by atoms with van der Waals surface area (Å²) in [5.41, 5.74) is 2.06. The van der Waals surface area contributed by atoms with Gasteiger partial charge in [-0.25, -0.2) is 4.98 Å². The van der Waals surface area contributed by atoms with Gasteiger partial charge in [0.15, 0.2) is 0 Å². The van der Waals surface area contributed by atoms with Crippen LogP contribution in [0.1, 0.15) is 11.3 Å². The quantitative estimate of drug-likeness (QED) is 0.737. The number of halogens is 1. The van der Waals surface area contributed by atoms with Crippen LogP contribution in [0.15, 0.2) is 53.7 Å². The fourth-order valence-electron chi connectivity index (χ4n) is 2.54. The van der Waals surface area contributed by atoms with Gasteiger partial charge in [-0.1, -0.05) is 17.7 Å². The summed E-state index contributed by atoms with van der Waals surface area (Å²) in [4.78, 5) is 22.9. The van der Waals surface area contributed by atoms with Crippen LogP contribution < -0.4 is 5.56 Å². The van der Waals surface area contributed by atoms with Crippen LogP contribution in [-0.2, 0) is 13.1 Å². The number of hydrogen-bond donors (Lipinski definition) is 1. The molecule has 1 N–H and O–H groups in total. The van der Waals surface area contributed by atoms with Crippen LogP contribution in [0.2, 0.25) is 5.02 Å². The molecule has 124 valence electrons. The first kappa shape index (κ1) is 16.6. The summed E-state index contributed by atoms with van der Waals surface area (Å²) in [6.45, 7) is 1.60. The van der Waals surface area contributed by atoms with Gasteiger partial charge in [0.1, 0.15) is 5.65 Å².